The number of aliphatic hydroxyl groups excluding tert-OH is 1. The van der Waals surface area contributed by atoms with Crippen molar-refractivity contribution in [1.82, 2.24) is 4.31 Å². The van der Waals surface area contributed by atoms with Gasteiger partial charge in [0.25, 0.3) is 0 Å². The molecule has 1 N–H and O–H groups in total. The average molecular weight is 253 g/mol. The summed E-state index contributed by atoms with van der Waals surface area (Å²) in [6.07, 6.45) is 0. The zero-order valence-corrected chi connectivity index (χ0v) is 10.7. The Balaban J connectivity index is 3.03. The van der Waals surface area contributed by atoms with Gasteiger partial charge in [-0.25, -0.2) is 12.7 Å². The molecule has 0 atom stereocenters. The van der Waals surface area contributed by atoms with Gasteiger partial charge in [-0.3, -0.25) is 0 Å². The summed E-state index contributed by atoms with van der Waals surface area (Å²) in [6, 6.07) is 6.28. The molecule has 0 amide bonds. The van der Waals surface area contributed by atoms with Crippen molar-refractivity contribution in [2.24, 2.45) is 0 Å². The monoisotopic (exact) mass is 253 g/mol. The molecule has 0 aromatic heterocycles. The second-order valence-electron chi connectivity index (χ2n) is 3.40. The van der Waals surface area contributed by atoms with Gasteiger partial charge in [0, 0.05) is 19.2 Å². The van der Waals surface area contributed by atoms with Crippen LogP contribution in [0.3, 0.4) is 0 Å². The van der Waals surface area contributed by atoms with Crippen LogP contribution in [0.1, 0.15) is 12.5 Å². The molecular formula is C12H15NO3S. The van der Waals surface area contributed by atoms with Gasteiger partial charge >= 0.3 is 0 Å². The van der Waals surface area contributed by atoms with E-state index in [4.69, 9.17) is 5.11 Å². The summed E-state index contributed by atoms with van der Waals surface area (Å²) in [5, 5.41) is 8.54. The molecule has 0 aliphatic heterocycles. The minimum Gasteiger partial charge on any atom is -0.384 e. The number of nitrogens with zero attached hydrogens (tertiary/aromatic N) is 1. The summed E-state index contributed by atoms with van der Waals surface area (Å²) >= 11 is 0. The molecule has 0 fully saturated rings. The molecule has 0 spiro atoms. The second-order valence-corrected chi connectivity index (χ2v) is 5.45. The first kappa shape index (κ1) is 13.7. The van der Waals surface area contributed by atoms with Crippen molar-refractivity contribution in [3.8, 4) is 11.8 Å². The maximum atomic E-state index is 11.9. The van der Waals surface area contributed by atoms with Gasteiger partial charge in [0.15, 0.2) is 0 Å². The predicted molar refractivity (Wildman–Crippen MR) is 65.9 cm³/mol. The Morgan fingerprint density at radius 3 is 2.35 bits per heavy atom. The third-order valence-corrected chi connectivity index (χ3v) is 4.27. The van der Waals surface area contributed by atoms with Crippen molar-refractivity contribution in [3.63, 3.8) is 0 Å². The van der Waals surface area contributed by atoms with E-state index in [-0.39, 0.29) is 11.5 Å². The van der Waals surface area contributed by atoms with Crippen LogP contribution in [0.2, 0.25) is 0 Å². The summed E-state index contributed by atoms with van der Waals surface area (Å²) in [6.45, 7) is 1.99. The van der Waals surface area contributed by atoms with Crippen LogP contribution < -0.4 is 0 Å². The van der Waals surface area contributed by atoms with Crippen molar-refractivity contribution >= 4 is 10.0 Å². The molecule has 17 heavy (non-hydrogen) atoms. The van der Waals surface area contributed by atoms with Crippen molar-refractivity contribution in [2.45, 2.75) is 11.8 Å². The molecule has 4 nitrogen and oxygen atoms in total. The van der Waals surface area contributed by atoms with E-state index in [1.54, 1.807) is 19.1 Å². The van der Waals surface area contributed by atoms with Crippen molar-refractivity contribution < 1.29 is 13.5 Å². The van der Waals surface area contributed by atoms with Crippen LogP contribution in [0.15, 0.2) is 29.2 Å². The number of benzene rings is 1. The molecule has 1 aromatic carbocycles. The smallest absolute Gasteiger partial charge is 0.242 e. The number of sulfonamides is 1. The number of aliphatic hydroxyl groups is 1. The minimum atomic E-state index is -3.39. The third kappa shape index (κ3) is 3.30. The van der Waals surface area contributed by atoms with Gasteiger partial charge in [0.1, 0.15) is 6.61 Å². The highest BCUT2D eigenvalue weighted by molar-refractivity contribution is 7.89. The van der Waals surface area contributed by atoms with Crippen LogP contribution >= 0.6 is 0 Å². The molecule has 1 rings (SSSR count). The predicted octanol–water partition coefficient (Wildman–Crippen LogP) is 0.671. The molecule has 5 heteroatoms. The Labute approximate surface area is 102 Å². The van der Waals surface area contributed by atoms with E-state index in [1.165, 1.54) is 23.5 Å². The molecule has 0 unspecified atom stereocenters. The quantitative estimate of drug-likeness (QED) is 0.806. The summed E-state index contributed by atoms with van der Waals surface area (Å²) < 4.78 is 25.2. The van der Waals surface area contributed by atoms with Crippen LogP contribution in [0.4, 0.5) is 0 Å². The third-order valence-electron chi connectivity index (χ3n) is 2.32. The highest BCUT2D eigenvalue weighted by Gasteiger charge is 2.18. The largest absolute Gasteiger partial charge is 0.384 e. The van der Waals surface area contributed by atoms with Crippen LogP contribution in [0.5, 0.6) is 0 Å². The van der Waals surface area contributed by atoms with Gasteiger partial charge in [-0.05, 0) is 24.3 Å². The lowest BCUT2D eigenvalue weighted by Crippen LogP contribution is -2.26. The average Bonchev–Trinajstić information content (AvgIpc) is 2.35. The summed E-state index contributed by atoms with van der Waals surface area (Å²) in [5.41, 5.74) is 0.678. The molecule has 0 aliphatic rings. The first-order valence-corrected chi connectivity index (χ1v) is 6.62. The van der Waals surface area contributed by atoms with Crippen LogP contribution in [-0.2, 0) is 10.0 Å². The van der Waals surface area contributed by atoms with E-state index in [9.17, 15) is 8.42 Å². The summed E-state index contributed by atoms with van der Waals surface area (Å²) in [7, 11) is -1.85. The lowest BCUT2D eigenvalue weighted by atomic mass is 10.2. The van der Waals surface area contributed by atoms with E-state index in [0.29, 0.717) is 12.1 Å². The SMILES string of the molecule is CCN(C)S(=O)(=O)c1ccc(C#CCO)cc1. The van der Waals surface area contributed by atoms with Gasteiger partial charge in [-0.1, -0.05) is 18.8 Å². The van der Waals surface area contributed by atoms with Gasteiger partial charge in [0.2, 0.25) is 10.0 Å². The van der Waals surface area contributed by atoms with Crippen LogP contribution in [0.25, 0.3) is 0 Å². The normalized spacial score (nSPS) is 11.1. The Morgan fingerprint density at radius 1 is 1.29 bits per heavy atom. The summed E-state index contributed by atoms with van der Waals surface area (Å²) in [4.78, 5) is 0.247. The first-order valence-electron chi connectivity index (χ1n) is 5.18. The standard InChI is InChI=1S/C12H15NO3S/c1-3-13(2)17(15,16)12-8-6-11(7-9-12)5-4-10-14/h6-9,14H,3,10H2,1-2H3. The lowest BCUT2D eigenvalue weighted by Gasteiger charge is -2.14. The number of hydrogen-bond donors (Lipinski definition) is 1. The Kier molecular flexibility index (Phi) is 4.70. The van der Waals surface area contributed by atoms with E-state index >= 15 is 0 Å². The molecule has 0 bridgehead atoms. The molecule has 1 aromatic rings. The zero-order chi connectivity index (χ0) is 12.9. The molecule has 92 valence electrons. The summed E-state index contributed by atoms with van der Waals surface area (Å²) in [5.74, 6) is 5.21. The maximum absolute atomic E-state index is 11.9. The van der Waals surface area contributed by atoms with Crippen LogP contribution in [0, 0.1) is 11.8 Å². The first-order chi connectivity index (χ1) is 8.02. The van der Waals surface area contributed by atoms with Crippen molar-refractivity contribution in [3.05, 3.63) is 29.8 Å². The Morgan fingerprint density at radius 2 is 1.88 bits per heavy atom. The second kappa shape index (κ2) is 5.82. The van der Waals surface area contributed by atoms with E-state index in [1.807, 2.05) is 0 Å². The zero-order valence-electron chi connectivity index (χ0n) is 9.84. The molecule has 0 heterocycles. The fraction of sp³-hybridized carbons (Fsp3) is 0.333. The number of hydrogen-bond acceptors (Lipinski definition) is 3. The number of rotatable bonds is 3. The van der Waals surface area contributed by atoms with E-state index in [2.05, 4.69) is 11.8 Å². The van der Waals surface area contributed by atoms with E-state index < -0.39 is 10.0 Å². The van der Waals surface area contributed by atoms with E-state index in [0.717, 1.165) is 0 Å². The molecule has 0 aliphatic carbocycles. The lowest BCUT2D eigenvalue weighted by molar-refractivity contribution is 0.350. The van der Waals surface area contributed by atoms with Crippen LogP contribution in [-0.4, -0.2) is 38.0 Å². The van der Waals surface area contributed by atoms with Crippen molar-refractivity contribution in [1.29, 1.82) is 0 Å². The fourth-order valence-corrected chi connectivity index (χ4v) is 2.38. The molecule has 0 radical (unpaired) electrons. The van der Waals surface area contributed by atoms with Crippen molar-refractivity contribution in [2.75, 3.05) is 20.2 Å². The maximum Gasteiger partial charge on any atom is 0.242 e. The van der Waals surface area contributed by atoms with Gasteiger partial charge in [-0.15, -0.1) is 0 Å². The van der Waals surface area contributed by atoms with Gasteiger partial charge in [-0.2, -0.15) is 0 Å². The highest BCUT2D eigenvalue weighted by atomic mass is 32.2. The molecular weight excluding hydrogens is 238 g/mol. The minimum absolute atomic E-state index is 0.210. The topological polar surface area (TPSA) is 57.6 Å². The Hall–Kier alpha value is -1.35. The highest BCUT2D eigenvalue weighted by Crippen LogP contribution is 2.14. The van der Waals surface area contributed by atoms with Gasteiger partial charge < -0.3 is 5.11 Å². The van der Waals surface area contributed by atoms with Gasteiger partial charge in [0.05, 0.1) is 4.90 Å². The fourth-order valence-electron chi connectivity index (χ4n) is 1.20. The molecule has 0 saturated carbocycles. The Bertz CT molecular complexity index is 523. The molecule has 0 saturated heterocycles.